The number of nitrogens with zero attached hydrogens (tertiary/aromatic N) is 3. The van der Waals surface area contributed by atoms with Gasteiger partial charge in [0, 0.05) is 50.8 Å². The lowest BCUT2D eigenvalue weighted by Gasteiger charge is -2.32. The molecule has 1 amide bonds. The van der Waals surface area contributed by atoms with E-state index < -0.39 is 0 Å². The van der Waals surface area contributed by atoms with Gasteiger partial charge in [0.05, 0.1) is 6.54 Å². The van der Waals surface area contributed by atoms with Crippen molar-refractivity contribution in [3.05, 3.63) is 53.7 Å². The van der Waals surface area contributed by atoms with Crippen LogP contribution in [0.1, 0.15) is 24.0 Å². The normalized spacial score (nSPS) is 18.3. The summed E-state index contributed by atoms with van der Waals surface area (Å²) in [6.07, 6.45) is 4.34. The van der Waals surface area contributed by atoms with Crippen molar-refractivity contribution in [1.82, 2.24) is 15.6 Å². The molecule has 1 aromatic heterocycles. The van der Waals surface area contributed by atoms with Crippen LogP contribution in [0.15, 0.2) is 47.6 Å². The number of aromatic nitrogens is 1. The van der Waals surface area contributed by atoms with Gasteiger partial charge < -0.3 is 26.0 Å². The van der Waals surface area contributed by atoms with Gasteiger partial charge in [0.2, 0.25) is 5.91 Å². The number of guanidine groups is 1. The number of carbonyl (C=O) groups excluding carboxylic acids is 1. The molecule has 172 valence electrons. The Morgan fingerprint density at radius 1 is 1.22 bits per heavy atom. The summed E-state index contributed by atoms with van der Waals surface area (Å²) in [6.45, 7) is 2.84. The maximum atomic E-state index is 11.4. The number of nitrogens with one attached hydrogen (secondary N) is 2. The SMILES string of the molecule is CN=C(NCc1cccnc1N1CCC(C(N)=O)CC1)NCC1Cc2ccccc2O1.I. The standard InChI is InChI=1S/C23H30N6O2.HI/c1-25-23(28-15-19-13-17-5-2-3-7-20(17)31-19)27-14-18-6-4-10-26-22(18)29-11-8-16(9-12-29)21(24)30;/h2-7,10,16,19H,8-9,11-15H2,1H3,(H2,24,30)(H2,25,27,28);1H. The first-order chi connectivity index (χ1) is 15.1. The van der Waals surface area contributed by atoms with E-state index in [1.54, 1.807) is 13.2 Å². The zero-order valence-electron chi connectivity index (χ0n) is 18.3. The molecule has 2 aliphatic heterocycles. The maximum Gasteiger partial charge on any atom is 0.220 e. The van der Waals surface area contributed by atoms with Crippen LogP contribution >= 0.6 is 24.0 Å². The number of benzene rings is 1. The van der Waals surface area contributed by atoms with Gasteiger partial charge in [0.25, 0.3) is 0 Å². The molecule has 0 spiro atoms. The van der Waals surface area contributed by atoms with Crippen LogP contribution in [0.5, 0.6) is 5.75 Å². The predicted octanol–water partition coefficient (Wildman–Crippen LogP) is 2.07. The van der Waals surface area contributed by atoms with Gasteiger partial charge in [0.15, 0.2) is 5.96 Å². The van der Waals surface area contributed by atoms with E-state index in [-0.39, 0.29) is 41.9 Å². The lowest BCUT2D eigenvalue weighted by Crippen LogP contribution is -2.42. The molecule has 3 heterocycles. The van der Waals surface area contributed by atoms with E-state index in [2.05, 4.69) is 37.6 Å². The van der Waals surface area contributed by atoms with E-state index in [1.807, 2.05) is 24.3 Å². The monoisotopic (exact) mass is 550 g/mol. The summed E-state index contributed by atoms with van der Waals surface area (Å²) < 4.78 is 5.99. The first-order valence-electron chi connectivity index (χ1n) is 10.8. The highest BCUT2D eigenvalue weighted by atomic mass is 127. The fourth-order valence-corrected chi connectivity index (χ4v) is 4.21. The molecule has 2 aliphatic rings. The van der Waals surface area contributed by atoms with Gasteiger partial charge in [-0.05, 0) is 30.5 Å². The molecule has 1 aromatic carbocycles. The van der Waals surface area contributed by atoms with Crippen LogP contribution < -0.4 is 26.0 Å². The number of primary amides is 1. The highest BCUT2D eigenvalue weighted by Crippen LogP contribution is 2.28. The number of hydrogen-bond acceptors (Lipinski definition) is 5. The number of piperidine rings is 1. The Bertz CT molecular complexity index is 921. The number of carbonyl (C=O) groups is 1. The van der Waals surface area contributed by atoms with Crippen LogP contribution in [0.3, 0.4) is 0 Å². The lowest BCUT2D eigenvalue weighted by atomic mass is 9.96. The van der Waals surface area contributed by atoms with Crippen molar-refractivity contribution in [3.63, 3.8) is 0 Å². The number of fused-ring (bicyclic) bond motifs is 1. The molecular weight excluding hydrogens is 519 g/mol. The Kier molecular flexibility index (Phi) is 8.54. The van der Waals surface area contributed by atoms with Crippen LogP contribution in [0.2, 0.25) is 0 Å². The van der Waals surface area contributed by atoms with Gasteiger partial charge >= 0.3 is 0 Å². The van der Waals surface area contributed by atoms with Gasteiger partial charge in [-0.15, -0.1) is 24.0 Å². The second kappa shape index (κ2) is 11.3. The smallest absolute Gasteiger partial charge is 0.220 e. The van der Waals surface area contributed by atoms with Crippen molar-refractivity contribution in [2.45, 2.75) is 31.9 Å². The number of halogens is 1. The van der Waals surface area contributed by atoms with Crippen LogP contribution in [0.25, 0.3) is 0 Å². The third-order valence-electron chi connectivity index (χ3n) is 5.95. The zero-order valence-corrected chi connectivity index (χ0v) is 20.6. The molecule has 1 atom stereocenters. The topological polar surface area (TPSA) is 105 Å². The van der Waals surface area contributed by atoms with Crippen molar-refractivity contribution in [3.8, 4) is 5.75 Å². The summed E-state index contributed by atoms with van der Waals surface area (Å²) in [6, 6.07) is 12.2. The molecule has 9 heteroatoms. The maximum absolute atomic E-state index is 11.4. The number of hydrogen-bond donors (Lipinski definition) is 3. The molecule has 2 aromatic rings. The average Bonchev–Trinajstić information content (AvgIpc) is 3.22. The van der Waals surface area contributed by atoms with Gasteiger partial charge in [0.1, 0.15) is 17.7 Å². The molecule has 1 unspecified atom stereocenters. The van der Waals surface area contributed by atoms with Crippen molar-refractivity contribution >= 4 is 41.7 Å². The number of pyridine rings is 1. The minimum Gasteiger partial charge on any atom is -0.488 e. The zero-order chi connectivity index (χ0) is 21.6. The fraction of sp³-hybridized carbons (Fsp3) is 0.435. The summed E-state index contributed by atoms with van der Waals surface area (Å²) in [5.74, 6) is 2.40. The molecule has 4 N–H and O–H groups in total. The van der Waals surface area contributed by atoms with E-state index in [9.17, 15) is 4.79 Å². The van der Waals surface area contributed by atoms with Gasteiger partial charge in [-0.1, -0.05) is 24.3 Å². The first-order valence-corrected chi connectivity index (χ1v) is 10.8. The van der Waals surface area contributed by atoms with Crippen LogP contribution in [0, 0.1) is 5.92 Å². The van der Waals surface area contributed by atoms with Gasteiger partial charge in [-0.3, -0.25) is 9.79 Å². The number of amides is 1. The number of nitrogens with two attached hydrogens (primary N) is 1. The van der Waals surface area contributed by atoms with Crippen LogP contribution in [-0.2, 0) is 17.8 Å². The molecule has 0 saturated carbocycles. The highest BCUT2D eigenvalue weighted by Gasteiger charge is 2.25. The Labute approximate surface area is 206 Å². The Morgan fingerprint density at radius 2 is 2.00 bits per heavy atom. The van der Waals surface area contributed by atoms with E-state index in [1.165, 1.54) is 5.56 Å². The summed E-state index contributed by atoms with van der Waals surface area (Å²) in [5, 5.41) is 6.74. The molecular formula is C23H31IN6O2. The summed E-state index contributed by atoms with van der Waals surface area (Å²) >= 11 is 0. The van der Waals surface area contributed by atoms with E-state index in [4.69, 9.17) is 10.5 Å². The number of aliphatic imine (C=N–C) groups is 1. The fourth-order valence-electron chi connectivity index (χ4n) is 4.21. The summed E-state index contributed by atoms with van der Waals surface area (Å²) in [5.41, 5.74) is 7.80. The third-order valence-corrected chi connectivity index (χ3v) is 5.95. The van der Waals surface area contributed by atoms with Gasteiger partial charge in [-0.25, -0.2) is 4.98 Å². The van der Waals surface area contributed by atoms with E-state index >= 15 is 0 Å². The minimum absolute atomic E-state index is 0. The highest BCUT2D eigenvalue weighted by molar-refractivity contribution is 14.0. The second-order valence-electron chi connectivity index (χ2n) is 8.01. The second-order valence-corrected chi connectivity index (χ2v) is 8.01. The van der Waals surface area contributed by atoms with Crippen molar-refractivity contribution < 1.29 is 9.53 Å². The Balaban J connectivity index is 0.00000289. The number of anilines is 1. The number of para-hydroxylation sites is 1. The van der Waals surface area contributed by atoms with Crippen molar-refractivity contribution in [2.24, 2.45) is 16.6 Å². The summed E-state index contributed by atoms with van der Waals surface area (Å²) in [4.78, 5) is 22.6. The Hall–Kier alpha value is -2.56. The van der Waals surface area contributed by atoms with Crippen molar-refractivity contribution in [2.75, 3.05) is 31.6 Å². The van der Waals surface area contributed by atoms with Crippen LogP contribution in [0.4, 0.5) is 5.82 Å². The van der Waals surface area contributed by atoms with Crippen molar-refractivity contribution in [1.29, 1.82) is 0 Å². The third kappa shape index (κ3) is 5.81. The number of ether oxygens (including phenoxy) is 1. The molecule has 1 saturated heterocycles. The largest absolute Gasteiger partial charge is 0.488 e. The minimum atomic E-state index is -0.202. The molecule has 32 heavy (non-hydrogen) atoms. The number of rotatable bonds is 6. The molecule has 1 fully saturated rings. The summed E-state index contributed by atoms with van der Waals surface area (Å²) in [7, 11) is 1.76. The molecule has 0 aliphatic carbocycles. The Morgan fingerprint density at radius 3 is 2.72 bits per heavy atom. The quantitative estimate of drug-likeness (QED) is 0.289. The average molecular weight is 550 g/mol. The van der Waals surface area contributed by atoms with E-state index in [0.717, 1.165) is 55.4 Å². The molecule has 0 radical (unpaired) electrons. The lowest BCUT2D eigenvalue weighted by molar-refractivity contribution is -0.122. The van der Waals surface area contributed by atoms with Gasteiger partial charge in [-0.2, -0.15) is 0 Å². The molecule has 0 bridgehead atoms. The predicted molar refractivity (Wildman–Crippen MR) is 137 cm³/mol. The molecule has 4 rings (SSSR count). The van der Waals surface area contributed by atoms with Crippen LogP contribution in [-0.4, -0.2) is 49.6 Å². The first kappa shape index (κ1) is 24.1. The molecule has 8 nitrogen and oxygen atoms in total. The van der Waals surface area contributed by atoms with E-state index in [0.29, 0.717) is 13.1 Å².